The van der Waals surface area contributed by atoms with Gasteiger partial charge in [0.25, 0.3) is 5.91 Å². The summed E-state index contributed by atoms with van der Waals surface area (Å²) < 4.78 is 1.11. The summed E-state index contributed by atoms with van der Waals surface area (Å²) in [7, 11) is 0. The molecule has 144 valence electrons. The Morgan fingerprint density at radius 3 is 2.62 bits per heavy atom. The first-order valence-electron chi connectivity index (χ1n) is 9.42. The Bertz CT molecular complexity index is 1170. The first-order valence-corrected chi connectivity index (χ1v) is 10.2. The van der Waals surface area contributed by atoms with Crippen molar-refractivity contribution >= 4 is 38.7 Å². The predicted octanol–water partition coefficient (Wildman–Crippen LogP) is 5.55. The van der Waals surface area contributed by atoms with Crippen molar-refractivity contribution in [2.45, 2.75) is 20.4 Å². The number of fused-ring (bicyclic) bond motifs is 1. The van der Waals surface area contributed by atoms with Crippen LogP contribution in [0.25, 0.3) is 16.3 Å². The van der Waals surface area contributed by atoms with Gasteiger partial charge in [0.1, 0.15) is 0 Å². The molecule has 0 radical (unpaired) electrons. The molecule has 1 amide bonds. The van der Waals surface area contributed by atoms with E-state index in [1.165, 1.54) is 11.1 Å². The summed E-state index contributed by atoms with van der Waals surface area (Å²) in [4.78, 5) is 24.0. The van der Waals surface area contributed by atoms with Gasteiger partial charge in [-0.15, -0.1) is 0 Å². The molecule has 0 N–H and O–H groups in total. The number of rotatable bonds is 5. The van der Waals surface area contributed by atoms with Crippen LogP contribution in [-0.4, -0.2) is 15.9 Å². The van der Waals surface area contributed by atoms with E-state index >= 15 is 0 Å². The third-order valence-corrected chi connectivity index (χ3v) is 5.80. The van der Waals surface area contributed by atoms with Crippen molar-refractivity contribution in [2.24, 2.45) is 0 Å². The lowest BCUT2D eigenvalue weighted by molar-refractivity contribution is -0.114. The van der Waals surface area contributed by atoms with Gasteiger partial charge >= 0.3 is 0 Å². The Morgan fingerprint density at radius 2 is 1.86 bits per heavy atom. The summed E-state index contributed by atoms with van der Waals surface area (Å²) >= 11 is 1.54. The number of carbonyl (C=O) groups is 1. The summed E-state index contributed by atoms with van der Waals surface area (Å²) in [6.45, 7) is 4.51. The van der Waals surface area contributed by atoms with Gasteiger partial charge in [0, 0.05) is 12.3 Å². The molecule has 0 atom stereocenters. The molecule has 0 saturated carbocycles. The summed E-state index contributed by atoms with van der Waals surface area (Å²) in [5.41, 5.74) is 5.07. The fraction of sp³-hybridized carbons (Fsp3) is 0.125. The summed E-state index contributed by atoms with van der Waals surface area (Å²) in [5, 5.41) is 0.682. The quantitative estimate of drug-likeness (QED) is 0.413. The van der Waals surface area contributed by atoms with E-state index in [0.717, 1.165) is 21.5 Å². The van der Waals surface area contributed by atoms with E-state index in [-0.39, 0.29) is 5.91 Å². The molecule has 4 nitrogen and oxygen atoms in total. The Hall–Kier alpha value is -3.31. The van der Waals surface area contributed by atoms with Crippen molar-refractivity contribution in [3.8, 4) is 0 Å². The summed E-state index contributed by atoms with van der Waals surface area (Å²) in [6, 6.07) is 19.7. The van der Waals surface area contributed by atoms with Crippen LogP contribution < -0.4 is 4.90 Å². The second-order valence-electron chi connectivity index (χ2n) is 6.92. The highest BCUT2D eigenvalue weighted by Crippen LogP contribution is 2.33. The number of hydrogen-bond donors (Lipinski definition) is 0. The number of aromatic nitrogens is 2. The normalized spacial score (nSPS) is 11.2. The molecule has 0 fully saturated rings. The molecule has 0 aliphatic carbocycles. The molecule has 4 aromatic rings. The number of carbonyl (C=O) groups excluding carboxylic acids is 1. The highest BCUT2D eigenvalue weighted by atomic mass is 32.1. The molecule has 2 aromatic carbocycles. The summed E-state index contributed by atoms with van der Waals surface area (Å²) in [5.74, 6) is -0.118. The Labute approximate surface area is 174 Å². The topological polar surface area (TPSA) is 46.1 Å². The molecule has 0 bridgehead atoms. The van der Waals surface area contributed by atoms with E-state index in [1.54, 1.807) is 28.5 Å². The third kappa shape index (κ3) is 4.41. The highest BCUT2D eigenvalue weighted by Gasteiger charge is 2.19. The second kappa shape index (κ2) is 8.37. The van der Waals surface area contributed by atoms with Crippen LogP contribution in [0, 0.1) is 13.8 Å². The standard InChI is InChI=1S/C24H21N3OS/c1-17-14-18(2)23-21(15-17)26-24(29-23)27(16-20-10-6-7-13-25-20)22(28)12-11-19-8-4-3-5-9-19/h3-15H,16H2,1-2H3/b12-11+. The minimum absolute atomic E-state index is 0.118. The summed E-state index contributed by atoms with van der Waals surface area (Å²) in [6.07, 6.45) is 5.17. The molecule has 0 saturated heterocycles. The largest absolute Gasteiger partial charge is 0.278 e. The van der Waals surface area contributed by atoms with Crippen molar-refractivity contribution in [1.82, 2.24) is 9.97 Å². The molecular weight excluding hydrogens is 378 g/mol. The van der Waals surface area contributed by atoms with E-state index < -0.39 is 0 Å². The van der Waals surface area contributed by atoms with Gasteiger partial charge < -0.3 is 0 Å². The second-order valence-corrected chi connectivity index (χ2v) is 7.89. The molecule has 0 spiro atoms. The monoisotopic (exact) mass is 399 g/mol. The first kappa shape index (κ1) is 19.0. The van der Waals surface area contributed by atoms with Gasteiger partial charge in [-0.2, -0.15) is 0 Å². The van der Waals surface area contributed by atoms with Crippen LogP contribution in [0.1, 0.15) is 22.4 Å². The van der Waals surface area contributed by atoms with Crippen LogP contribution in [0.15, 0.2) is 72.9 Å². The zero-order chi connectivity index (χ0) is 20.2. The number of amides is 1. The fourth-order valence-corrected chi connectivity index (χ4v) is 4.22. The zero-order valence-electron chi connectivity index (χ0n) is 16.4. The van der Waals surface area contributed by atoms with Crippen LogP contribution >= 0.6 is 11.3 Å². The smallest absolute Gasteiger partial charge is 0.253 e. The number of benzene rings is 2. The van der Waals surface area contributed by atoms with Crippen LogP contribution in [-0.2, 0) is 11.3 Å². The Kier molecular flexibility index (Phi) is 5.49. The van der Waals surface area contributed by atoms with E-state index in [1.807, 2.05) is 54.6 Å². The molecule has 0 aliphatic rings. The van der Waals surface area contributed by atoms with Gasteiger partial charge in [-0.1, -0.05) is 53.8 Å². The van der Waals surface area contributed by atoms with Gasteiger partial charge in [0.05, 0.1) is 22.5 Å². The van der Waals surface area contributed by atoms with Gasteiger partial charge in [-0.05, 0) is 54.8 Å². The van der Waals surface area contributed by atoms with Crippen molar-refractivity contribution in [1.29, 1.82) is 0 Å². The number of anilines is 1. The number of nitrogens with zero attached hydrogens (tertiary/aromatic N) is 3. The maximum absolute atomic E-state index is 13.1. The average molecular weight is 400 g/mol. The fourth-order valence-electron chi connectivity index (χ4n) is 3.20. The molecule has 2 heterocycles. The maximum atomic E-state index is 13.1. The Morgan fingerprint density at radius 1 is 1.07 bits per heavy atom. The number of hydrogen-bond acceptors (Lipinski definition) is 4. The lowest BCUT2D eigenvalue weighted by atomic mass is 10.1. The number of thiazole rings is 1. The van der Waals surface area contributed by atoms with Crippen molar-refractivity contribution in [3.63, 3.8) is 0 Å². The van der Waals surface area contributed by atoms with Crippen molar-refractivity contribution in [2.75, 3.05) is 4.90 Å². The van der Waals surface area contributed by atoms with Gasteiger partial charge in [0.2, 0.25) is 0 Å². The van der Waals surface area contributed by atoms with Gasteiger partial charge in [-0.3, -0.25) is 14.7 Å². The molecule has 5 heteroatoms. The molecule has 29 heavy (non-hydrogen) atoms. The lowest BCUT2D eigenvalue weighted by Crippen LogP contribution is -2.29. The minimum atomic E-state index is -0.118. The average Bonchev–Trinajstić information content (AvgIpc) is 3.16. The van der Waals surface area contributed by atoms with E-state index in [4.69, 9.17) is 4.98 Å². The van der Waals surface area contributed by atoms with Crippen molar-refractivity contribution in [3.05, 3.63) is 95.3 Å². The minimum Gasteiger partial charge on any atom is -0.278 e. The van der Waals surface area contributed by atoms with Crippen LogP contribution in [0.5, 0.6) is 0 Å². The SMILES string of the molecule is Cc1cc(C)c2sc(N(Cc3ccccn3)C(=O)/C=C/c3ccccc3)nc2c1. The van der Waals surface area contributed by atoms with Crippen LogP contribution in [0.2, 0.25) is 0 Å². The third-order valence-electron chi connectivity index (χ3n) is 4.57. The van der Waals surface area contributed by atoms with E-state index in [2.05, 4.69) is 31.0 Å². The van der Waals surface area contributed by atoms with Gasteiger partial charge in [0.15, 0.2) is 5.13 Å². The number of pyridine rings is 1. The highest BCUT2D eigenvalue weighted by molar-refractivity contribution is 7.22. The molecule has 2 aromatic heterocycles. The first-order chi connectivity index (χ1) is 14.1. The molecule has 4 rings (SSSR count). The van der Waals surface area contributed by atoms with Gasteiger partial charge in [-0.25, -0.2) is 4.98 Å². The molecular formula is C24H21N3OS. The van der Waals surface area contributed by atoms with E-state index in [0.29, 0.717) is 11.7 Å². The molecule has 0 aliphatic heterocycles. The number of aryl methyl sites for hydroxylation is 2. The van der Waals surface area contributed by atoms with Crippen LogP contribution in [0.3, 0.4) is 0 Å². The predicted molar refractivity (Wildman–Crippen MR) is 120 cm³/mol. The molecule has 0 unspecified atom stereocenters. The van der Waals surface area contributed by atoms with Crippen molar-refractivity contribution < 1.29 is 4.79 Å². The van der Waals surface area contributed by atoms with E-state index in [9.17, 15) is 4.79 Å². The Balaban J connectivity index is 1.71. The maximum Gasteiger partial charge on any atom is 0.253 e. The lowest BCUT2D eigenvalue weighted by Gasteiger charge is -2.17. The zero-order valence-corrected chi connectivity index (χ0v) is 17.2. The van der Waals surface area contributed by atoms with Crippen LogP contribution in [0.4, 0.5) is 5.13 Å².